The van der Waals surface area contributed by atoms with E-state index in [4.69, 9.17) is 15.9 Å². The summed E-state index contributed by atoms with van der Waals surface area (Å²) >= 11 is 1.55. The van der Waals surface area contributed by atoms with Gasteiger partial charge in [0.2, 0.25) is 5.95 Å². The summed E-state index contributed by atoms with van der Waals surface area (Å²) in [6, 6.07) is 8.87. The fourth-order valence-corrected chi connectivity index (χ4v) is 4.30. The first-order valence-corrected chi connectivity index (χ1v) is 11.0. The van der Waals surface area contributed by atoms with Gasteiger partial charge in [0.1, 0.15) is 16.7 Å². The number of nitrogens with two attached hydrogens (primary N) is 2. The molecule has 168 valence electrons. The number of hydrogen-bond acceptors (Lipinski definition) is 8. The van der Waals surface area contributed by atoms with Gasteiger partial charge in [-0.25, -0.2) is 18.8 Å². The number of nitrogens with zero attached hydrogens (tertiary/aromatic N) is 5. The molecule has 8 nitrogen and oxygen atoms in total. The topological polar surface area (TPSA) is 110 Å². The minimum atomic E-state index is -0.565. The van der Waals surface area contributed by atoms with Crippen molar-refractivity contribution in [2.45, 2.75) is 5.03 Å². The van der Waals surface area contributed by atoms with E-state index < -0.39 is 11.6 Å². The zero-order valence-electron chi connectivity index (χ0n) is 17.2. The molecule has 0 saturated carbocycles. The Bertz CT molecular complexity index is 1090. The number of benzene rings is 1. The van der Waals surface area contributed by atoms with Crippen LogP contribution < -0.4 is 16.4 Å². The van der Waals surface area contributed by atoms with Crippen LogP contribution in [-0.2, 0) is 0 Å². The normalized spacial score (nSPS) is 15.3. The number of piperazine rings is 1. The smallest absolute Gasteiger partial charge is 0.223 e. The van der Waals surface area contributed by atoms with Gasteiger partial charge in [-0.05, 0) is 24.3 Å². The van der Waals surface area contributed by atoms with Crippen LogP contribution in [0.15, 0.2) is 57.1 Å². The third-order valence-electron chi connectivity index (χ3n) is 5.00. The Balaban J connectivity index is 1.29. The van der Waals surface area contributed by atoms with E-state index in [-0.39, 0.29) is 11.8 Å². The van der Waals surface area contributed by atoms with Gasteiger partial charge in [-0.15, -0.1) is 11.8 Å². The number of anilines is 2. The molecule has 4 N–H and O–H groups in total. The second-order valence-electron chi connectivity index (χ2n) is 7.17. The van der Waals surface area contributed by atoms with Gasteiger partial charge >= 0.3 is 0 Å². The summed E-state index contributed by atoms with van der Waals surface area (Å²) in [7, 11) is 0. The molecule has 1 aliphatic heterocycles. The maximum Gasteiger partial charge on any atom is 0.223 e. The van der Waals surface area contributed by atoms with Crippen molar-refractivity contribution >= 4 is 35.1 Å². The summed E-state index contributed by atoms with van der Waals surface area (Å²) in [4.78, 5) is 16.9. The van der Waals surface area contributed by atoms with Gasteiger partial charge in [0.15, 0.2) is 17.4 Å². The highest BCUT2D eigenvalue weighted by molar-refractivity contribution is 7.99. The van der Waals surface area contributed by atoms with Gasteiger partial charge in [-0.1, -0.05) is 0 Å². The zero-order chi connectivity index (χ0) is 22.5. The maximum atomic E-state index is 14.0. The predicted octanol–water partition coefficient (Wildman–Crippen LogP) is 2.88. The van der Waals surface area contributed by atoms with Crippen LogP contribution in [0.1, 0.15) is 5.76 Å². The summed E-state index contributed by atoms with van der Waals surface area (Å²) in [6.07, 6.45) is 1.52. The number of rotatable bonds is 7. The van der Waals surface area contributed by atoms with Crippen molar-refractivity contribution in [1.29, 1.82) is 0 Å². The molecule has 4 rings (SSSR count). The molecule has 0 bridgehead atoms. The van der Waals surface area contributed by atoms with E-state index in [0.29, 0.717) is 35.4 Å². The number of aliphatic imine (C=N–C) groups is 1. The largest absolute Gasteiger partial charge is 0.461 e. The molecule has 32 heavy (non-hydrogen) atoms. The minimum Gasteiger partial charge on any atom is -0.461 e. The second kappa shape index (κ2) is 9.96. The molecule has 1 saturated heterocycles. The van der Waals surface area contributed by atoms with Gasteiger partial charge in [-0.2, -0.15) is 4.98 Å². The number of furan rings is 1. The monoisotopic (exact) mass is 459 g/mol. The molecule has 0 spiro atoms. The summed E-state index contributed by atoms with van der Waals surface area (Å²) < 4.78 is 32.4. The van der Waals surface area contributed by atoms with Crippen LogP contribution in [0.4, 0.5) is 26.2 Å². The highest BCUT2D eigenvalue weighted by Crippen LogP contribution is 2.24. The average Bonchev–Trinajstić information content (AvgIpc) is 3.29. The van der Waals surface area contributed by atoms with Crippen LogP contribution in [0.3, 0.4) is 0 Å². The molecule has 0 radical (unpaired) electrons. The van der Waals surface area contributed by atoms with Crippen molar-refractivity contribution in [2.75, 3.05) is 49.1 Å². The second-order valence-corrected chi connectivity index (χ2v) is 8.29. The predicted molar refractivity (Wildman–Crippen MR) is 121 cm³/mol. The Hall–Kier alpha value is -3.18. The molecule has 3 heterocycles. The molecule has 1 aliphatic rings. The number of aromatic nitrogens is 2. The van der Waals surface area contributed by atoms with Crippen molar-refractivity contribution in [3.05, 3.63) is 60.1 Å². The molecule has 0 unspecified atom stereocenters. The molecular formula is C21H23F2N7OS. The van der Waals surface area contributed by atoms with Crippen molar-refractivity contribution in [2.24, 2.45) is 10.7 Å². The lowest BCUT2D eigenvalue weighted by Gasteiger charge is -2.36. The lowest BCUT2D eigenvalue weighted by molar-refractivity contribution is 0.272. The van der Waals surface area contributed by atoms with Crippen LogP contribution >= 0.6 is 11.8 Å². The van der Waals surface area contributed by atoms with Crippen LogP contribution in [0.25, 0.3) is 0 Å². The Morgan fingerprint density at radius 1 is 1.12 bits per heavy atom. The van der Waals surface area contributed by atoms with E-state index >= 15 is 0 Å². The highest BCUT2D eigenvalue weighted by Gasteiger charge is 2.19. The summed E-state index contributed by atoms with van der Waals surface area (Å²) in [5.41, 5.74) is 12.2. The number of hydrogen-bond donors (Lipinski definition) is 2. The Kier molecular flexibility index (Phi) is 6.86. The van der Waals surface area contributed by atoms with Gasteiger partial charge < -0.3 is 20.8 Å². The first-order chi connectivity index (χ1) is 15.5. The fraction of sp³-hybridized carbons (Fsp3) is 0.286. The molecule has 11 heteroatoms. The van der Waals surface area contributed by atoms with Crippen LogP contribution in [0, 0.1) is 11.6 Å². The van der Waals surface area contributed by atoms with E-state index in [9.17, 15) is 8.78 Å². The quantitative estimate of drug-likeness (QED) is 0.240. The fourth-order valence-electron chi connectivity index (χ4n) is 3.39. The molecule has 2 aromatic heterocycles. The van der Waals surface area contributed by atoms with Gasteiger partial charge in [0.25, 0.3) is 0 Å². The Morgan fingerprint density at radius 2 is 1.94 bits per heavy atom. The summed E-state index contributed by atoms with van der Waals surface area (Å²) in [6.45, 7) is 3.77. The van der Waals surface area contributed by atoms with Crippen molar-refractivity contribution < 1.29 is 13.2 Å². The van der Waals surface area contributed by atoms with Gasteiger partial charge in [-0.3, -0.25) is 4.90 Å². The number of thioether (sulfide) groups is 1. The molecule has 0 amide bonds. The molecule has 0 aliphatic carbocycles. The maximum absolute atomic E-state index is 14.0. The zero-order valence-corrected chi connectivity index (χ0v) is 18.1. The highest BCUT2D eigenvalue weighted by atomic mass is 32.2. The van der Waals surface area contributed by atoms with Crippen LogP contribution in [0.2, 0.25) is 0 Å². The standard InChI is InChI=1S/C21H23F2N7OS/c22-14-3-4-16(15(23)12-14)30-7-5-29(6-8-30)9-11-32-19-13-18(27-21(25)28-19)26-20(24)17-2-1-10-31-17/h1-4,10,12-13H,5-9,11H2,(H4,24,25,26,27,28). The first-order valence-electron chi connectivity index (χ1n) is 10.1. The van der Waals surface area contributed by atoms with Crippen molar-refractivity contribution in [3.63, 3.8) is 0 Å². The molecular weight excluding hydrogens is 436 g/mol. The molecule has 0 atom stereocenters. The van der Waals surface area contributed by atoms with Crippen molar-refractivity contribution in [3.8, 4) is 0 Å². The number of nitrogen functional groups attached to an aromatic ring is 1. The van der Waals surface area contributed by atoms with Crippen LogP contribution in [-0.4, -0.2) is 59.2 Å². The average molecular weight is 460 g/mol. The lowest BCUT2D eigenvalue weighted by atomic mass is 10.2. The van der Waals surface area contributed by atoms with E-state index in [1.54, 1.807) is 30.0 Å². The van der Waals surface area contributed by atoms with Crippen molar-refractivity contribution in [1.82, 2.24) is 14.9 Å². The Labute approximate surface area is 188 Å². The number of amidine groups is 1. The minimum absolute atomic E-state index is 0.121. The Morgan fingerprint density at radius 3 is 2.66 bits per heavy atom. The summed E-state index contributed by atoms with van der Waals surface area (Å²) in [5.74, 6) is 0.847. The van der Waals surface area contributed by atoms with E-state index in [1.807, 2.05) is 4.90 Å². The third-order valence-corrected chi connectivity index (χ3v) is 5.89. The van der Waals surface area contributed by atoms with Crippen LogP contribution in [0.5, 0.6) is 0 Å². The van der Waals surface area contributed by atoms with E-state index in [0.717, 1.165) is 31.5 Å². The SMILES string of the molecule is N/C(=N\c1cc(SCCN2CCN(c3ccc(F)cc3F)CC2)nc(N)n1)c1ccco1. The van der Waals surface area contributed by atoms with Gasteiger partial charge in [0, 0.05) is 50.6 Å². The summed E-state index contributed by atoms with van der Waals surface area (Å²) in [5, 5.41) is 0.704. The van der Waals surface area contributed by atoms with Gasteiger partial charge in [0.05, 0.1) is 12.0 Å². The van der Waals surface area contributed by atoms with E-state index in [1.165, 1.54) is 18.4 Å². The first kappa shape index (κ1) is 22.0. The third kappa shape index (κ3) is 5.54. The molecule has 1 fully saturated rings. The number of halogens is 2. The lowest BCUT2D eigenvalue weighted by Crippen LogP contribution is -2.47. The van der Waals surface area contributed by atoms with E-state index in [2.05, 4.69) is 19.9 Å². The molecule has 3 aromatic rings. The molecule has 1 aromatic carbocycles.